The first-order valence-corrected chi connectivity index (χ1v) is 5.08. The Kier molecular flexibility index (Phi) is 1.88. The fourth-order valence-electron chi connectivity index (χ4n) is 1.18. The van der Waals surface area contributed by atoms with Gasteiger partial charge < -0.3 is 5.11 Å². The van der Waals surface area contributed by atoms with Crippen molar-refractivity contribution in [3.63, 3.8) is 0 Å². The molecule has 0 amide bonds. The molecule has 13 heavy (non-hydrogen) atoms. The van der Waals surface area contributed by atoms with E-state index in [1.165, 1.54) is 11.3 Å². The Morgan fingerprint density at radius 3 is 3.08 bits per heavy atom. The highest BCUT2D eigenvalue weighted by molar-refractivity contribution is 9.10. The largest absolute Gasteiger partial charge is 0.477 e. The Balaban J connectivity index is 2.83. The van der Waals surface area contributed by atoms with E-state index in [2.05, 4.69) is 20.9 Å². The van der Waals surface area contributed by atoms with Crippen molar-refractivity contribution in [3.05, 3.63) is 21.4 Å². The molecule has 0 radical (unpaired) electrons. The minimum Gasteiger partial charge on any atom is -0.477 e. The van der Waals surface area contributed by atoms with Crippen LogP contribution < -0.4 is 0 Å². The van der Waals surface area contributed by atoms with Gasteiger partial charge in [-0.25, -0.2) is 9.78 Å². The number of nitrogens with zero attached hydrogens (tertiary/aromatic N) is 2. The first-order chi connectivity index (χ1) is 6.09. The van der Waals surface area contributed by atoms with Crippen molar-refractivity contribution in [2.24, 2.45) is 0 Å². The summed E-state index contributed by atoms with van der Waals surface area (Å²) < 4.78 is 2.23. The molecular formula is C7H5BrN2O2S. The predicted octanol–water partition coefficient (Wildman–Crippen LogP) is 2.16. The highest BCUT2D eigenvalue weighted by Crippen LogP contribution is 2.24. The Labute approximate surface area is 86.0 Å². The normalized spacial score (nSPS) is 10.9. The van der Waals surface area contributed by atoms with Gasteiger partial charge in [-0.3, -0.25) is 4.40 Å². The van der Waals surface area contributed by atoms with Gasteiger partial charge in [0.1, 0.15) is 10.3 Å². The van der Waals surface area contributed by atoms with E-state index in [-0.39, 0.29) is 0 Å². The quantitative estimate of drug-likeness (QED) is 0.855. The summed E-state index contributed by atoms with van der Waals surface area (Å²) in [6, 6.07) is 0. The van der Waals surface area contributed by atoms with Crippen molar-refractivity contribution in [1.82, 2.24) is 9.38 Å². The molecule has 2 rings (SSSR count). The Morgan fingerprint density at radius 1 is 1.77 bits per heavy atom. The lowest BCUT2D eigenvalue weighted by atomic mass is 10.4. The van der Waals surface area contributed by atoms with Crippen molar-refractivity contribution in [2.75, 3.05) is 0 Å². The van der Waals surface area contributed by atoms with Gasteiger partial charge in [0.25, 0.3) is 0 Å². The molecule has 0 aromatic carbocycles. The molecule has 0 unspecified atom stereocenters. The van der Waals surface area contributed by atoms with Gasteiger partial charge in [0.2, 0.25) is 0 Å². The summed E-state index contributed by atoms with van der Waals surface area (Å²) in [5.41, 5.74) is 0.290. The number of carboxylic acids is 1. The first-order valence-electron chi connectivity index (χ1n) is 3.47. The first kappa shape index (κ1) is 8.71. The maximum absolute atomic E-state index is 10.8. The lowest BCUT2D eigenvalue weighted by Gasteiger charge is -1.91. The number of hydrogen-bond acceptors (Lipinski definition) is 3. The fraction of sp³-hybridized carbons (Fsp3) is 0.143. The zero-order valence-electron chi connectivity index (χ0n) is 6.61. The van der Waals surface area contributed by atoms with E-state index in [4.69, 9.17) is 5.11 Å². The lowest BCUT2D eigenvalue weighted by molar-refractivity contribution is 0.0689. The van der Waals surface area contributed by atoms with Crippen LogP contribution in [0.1, 0.15) is 15.4 Å². The van der Waals surface area contributed by atoms with Crippen LogP contribution in [-0.4, -0.2) is 20.5 Å². The summed E-state index contributed by atoms with van der Waals surface area (Å²) >= 11 is 4.56. The van der Waals surface area contributed by atoms with Crippen LogP contribution in [0.25, 0.3) is 4.96 Å². The SMILES string of the molecule is Cc1sc2nc(Br)cn2c1C(=O)O. The van der Waals surface area contributed by atoms with Gasteiger partial charge in [-0.05, 0) is 22.9 Å². The Hall–Kier alpha value is -0.880. The smallest absolute Gasteiger partial charge is 0.354 e. The van der Waals surface area contributed by atoms with Gasteiger partial charge in [0, 0.05) is 11.1 Å². The minimum atomic E-state index is -0.923. The number of aromatic carboxylic acids is 1. The van der Waals surface area contributed by atoms with E-state index in [9.17, 15) is 4.79 Å². The van der Waals surface area contributed by atoms with Crippen LogP contribution >= 0.6 is 27.3 Å². The van der Waals surface area contributed by atoms with Crippen molar-refractivity contribution < 1.29 is 9.90 Å². The Bertz CT molecular complexity index is 488. The van der Waals surface area contributed by atoms with Crippen LogP contribution in [0.5, 0.6) is 0 Å². The Morgan fingerprint density at radius 2 is 2.46 bits per heavy atom. The molecule has 1 N–H and O–H groups in total. The van der Waals surface area contributed by atoms with Gasteiger partial charge in [0.05, 0.1) is 0 Å². The molecule has 0 bridgehead atoms. The molecular weight excluding hydrogens is 256 g/mol. The molecule has 6 heteroatoms. The van der Waals surface area contributed by atoms with Gasteiger partial charge in [-0.15, -0.1) is 11.3 Å². The third-order valence-corrected chi connectivity index (χ3v) is 3.02. The molecule has 2 aromatic heterocycles. The number of carboxylic acid groups (broad SMARTS) is 1. The van der Waals surface area contributed by atoms with E-state index in [1.807, 2.05) is 0 Å². The standard InChI is InChI=1S/C7H5BrN2O2S/c1-3-5(6(11)12)10-2-4(8)9-7(10)13-3/h2H,1H3,(H,11,12). The van der Waals surface area contributed by atoms with Crippen LogP contribution in [0.4, 0.5) is 0 Å². The summed E-state index contributed by atoms with van der Waals surface area (Å²) in [5.74, 6) is -0.923. The van der Waals surface area contributed by atoms with Gasteiger partial charge in [0.15, 0.2) is 4.96 Å². The van der Waals surface area contributed by atoms with Crippen molar-refractivity contribution in [3.8, 4) is 0 Å². The summed E-state index contributed by atoms with van der Waals surface area (Å²) in [6.07, 6.45) is 1.66. The van der Waals surface area contributed by atoms with Crippen LogP contribution in [0, 0.1) is 6.92 Å². The third-order valence-electron chi connectivity index (χ3n) is 1.67. The molecule has 0 saturated carbocycles. The van der Waals surface area contributed by atoms with E-state index < -0.39 is 5.97 Å². The molecule has 2 aromatic rings. The minimum absolute atomic E-state index is 0.290. The zero-order valence-corrected chi connectivity index (χ0v) is 9.02. The number of carbonyl (C=O) groups is 1. The van der Waals surface area contributed by atoms with Crippen molar-refractivity contribution >= 4 is 38.2 Å². The molecule has 0 aliphatic heterocycles. The third kappa shape index (κ3) is 1.26. The molecule has 0 aliphatic rings. The molecule has 0 aliphatic carbocycles. The number of imidazole rings is 1. The molecule has 0 fully saturated rings. The second-order valence-corrected chi connectivity index (χ2v) is 4.52. The van der Waals surface area contributed by atoms with Crippen LogP contribution in [0.15, 0.2) is 10.8 Å². The average Bonchev–Trinajstić information content (AvgIpc) is 2.41. The highest BCUT2D eigenvalue weighted by Gasteiger charge is 2.16. The molecule has 0 spiro atoms. The number of hydrogen-bond donors (Lipinski definition) is 1. The number of thiazole rings is 1. The summed E-state index contributed by atoms with van der Waals surface area (Å²) in [7, 11) is 0. The summed E-state index contributed by atoms with van der Waals surface area (Å²) in [6.45, 7) is 1.77. The number of rotatable bonds is 1. The number of fused-ring (bicyclic) bond motifs is 1. The van der Waals surface area contributed by atoms with Crippen LogP contribution in [-0.2, 0) is 0 Å². The fourth-order valence-corrected chi connectivity index (χ4v) is 2.61. The number of halogens is 1. The topological polar surface area (TPSA) is 54.6 Å². The van der Waals surface area contributed by atoms with Gasteiger partial charge in [-0.2, -0.15) is 0 Å². The highest BCUT2D eigenvalue weighted by atomic mass is 79.9. The van der Waals surface area contributed by atoms with Crippen molar-refractivity contribution in [2.45, 2.75) is 6.92 Å². The van der Waals surface area contributed by atoms with E-state index in [0.717, 1.165) is 4.88 Å². The number of aromatic nitrogens is 2. The van der Waals surface area contributed by atoms with E-state index >= 15 is 0 Å². The number of aryl methyl sites for hydroxylation is 1. The van der Waals surface area contributed by atoms with E-state index in [1.54, 1.807) is 17.5 Å². The maximum atomic E-state index is 10.8. The molecule has 0 saturated heterocycles. The molecule has 68 valence electrons. The van der Waals surface area contributed by atoms with E-state index in [0.29, 0.717) is 15.3 Å². The van der Waals surface area contributed by atoms with Crippen molar-refractivity contribution in [1.29, 1.82) is 0 Å². The van der Waals surface area contributed by atoms with Gasteiger partial charge >= 0.3 is 5.97 Å². The predicted molar refractivity (Wildman–Crippen MR) is 52.5 cm³/mol. The monoisotopic (exact) mass is 260 g/mol. The summed E-state index contributed by atoms with van der Waals surface area (Å²) in [5, 5.41) is 8.90. The second kappa shape index (κ2) is 2.81. The zero-order chi connectivity index (χ0) is 9.59. The van der Waals surface area contributed by atoms with Crippen LogP contribution in [0.2, 0.25) is 0 Å². The summed E-state index contributed by atoms with van der Waals surface area (Å²) in [4.78, 5) is 16.4. The molecule has 2 heterocycles. The second-order valence-electron chi connectivity index (χ2n) is 2.53. The van der Waals surface area contributed by atoms with Crippen LogP contribution in [0.3, 0.4) is 0 Å². The average molecular weight is 261 g/mol. The molecule has 0 atom stereocenters. The maximum Gasteiger partial charge on any atom is 0.354 e. The molecule has 4 nitrogen and oxygen atoms in total. The van der Waals surface area contributed by atoms with Gasteiger partial charge in [-0.1, -0.05) is 0 Å². The lowest BCUT2D eigenvalue weighted by Crippen LogP contribution is -2.01.